The molecule has 2 heterocycles. The third-order valence-corrected chi connectivity index (χ3v) is 4.01. The summed E-state index contributed by atoms with van der Waals surface area (Å²) < 4.78 is 28.4. The van der Waals surface area contributed by atoms with Crippen molar-refractivity contribution in [2.45, 2.75) is 6.04 Å². The number of fused-ring (bicyclic) bond motifs is 1. The Labute approximate surface area is 150 Å². The second-order valence-electron chi connectivity index (χ2n) is 5.17. The second kappa shape index (κ2) is 6.35. The molecule has 1 aliphatic heterocycles. The minimum absolute atomic E-state index is 0.0616. The van der Waals surface area contributed by atoms with Crippen LogP contribution < -0.4 is 22.1 Å². The number of benzene rings is 1. The molecule has 1 atom stereocenters. The van der Waals surface area contributed by atoms with Gasteiger partial charge in [-0.15, -0.1) is 0 Å². The molecular formula is C15H9ClF2N8. The van der Waals surface area contributed by atoms with Crippen LogP contribution in [0.15, 0.2) is 17.1 Å². The lowest BCUT2D eigenvalue weighted by Crippen LogP contribution is -2.33. The summed E-state index contributed by atoms with van der Waals surface area (Å²) in [5.74, 6) is -2.65. The van der Waals surface area contributed by atoms with E-state index in [9.17, 15) is 14.0 Å². The number of hydrogen-bond acceptors (Lipinski definition) is 8. The summed E-state index contributed by atoms with van der Waals surface area (Å²) in [7, 11) is 0. The molecule has 11 heteroatoms. The van der Waals surface area contributed by atoms with E-state index in [2.05, 4.69) is 20.6 Å². The van der Waals surface area contributed by atoms with Crippen molar-refractivity contribution in [3.05, 3.63) is 45.5 Å². The monoisotopic (exact) mass is 374 g/mol. The van der Waals surface area contributed by atoms with Crippen LogP contribution in [0.5, 0.6) is 0 Å². The van der Waals surface area contributed by atoms with Gasteiger partial charge in [-0.05, 0) is 6.07 Å². The first-order chi connectivity index (χ1) is 12.4. The smallest absolute Gasteiger partial charge is 0.211 e. The molecule has 3 rings (SSSR count). The Balaban J connectivity index is 2.31. The van der Waals surface area contributed by atoms with Crippen LogP contribution in [0.25, 0.3) is 0 Å². The summed E-state index contributed by atoms with van der Waals surface area (Å²) in [6, 6.07) is 3.02. The van der Waals surface area contributed by atoms with E-state index in [-0.39, 0.29) is 40.0 Å². The van der Waals surface area contributed by atoms with E-state index < -0.39 is 22.7 Å². The zero-order chi connectivity index (χ0) is 19.0. The number of nitrogens with one attached hydrogen (secondary N) is 2. The van der Waals surface area contributed by atoms with Gasteiger partial charge in [0.1, 0.15) is 29.3 Å². The van der Waals surface area contributed by atoms with Gasteiger partial charge < -0.3 is 16.8 Å². The Kier molecular flexibility index (Phi) is 4.20. The zero-order valence-corrected chi connectivity index (χ0v) is 13.6. The number of nitrogens with zero attached hydrogens (tertiary/aromatic N) is 4. The maximum absolute atomic E-state index is 14.5. The van der Waals surface area contributed by atoms with Crippen LogP contribution in [0.2, 0.25) is 5.02 Å². The Morgan fingerprint density at radius 2 is 1.96 bits per heavy atom. The van der Waals surface area contributed by atoms with Crippen molar-refractivity contribution >= 4 is 34.9 Å². The minimum Gasteiger partial charge on any atom is -0.397 e. The molecular weight excluding hydrogens is 366 g/mol. The minimum atomic E-state index is -1.25. The van der Waals surface area contributed by atoms with Crippen LogP contribution >= 0.6 is 11.6 Å². The van der Waals surface area contributed by atoms with Gasteiger partial charge >= 0.3 is 0 Å². The molecule has 0 bridgehead atoms. The van der Waals surface area contributed by atoms with Gasteiger partial charge in [-0.2, -0.15) is 10.5 Å². The molecule has 1 unspecified atom stereocenters. The molecule has 1 aromatic carbocycles. The normalized spacial score (nSPS) is 15.1. The fourth-order valence-electron chi connectivity index (χ4n) is 2.56. The second-order valence-corrected chi connectivity index (χ2v) is 5.57. The molecule has 6 N–H and O–H groups in total. The average molecular weight is 375 g/mol. The highest BCUT2D eigenvalue weighted by molar-refractivity contribution is 6.30. The SMILES string of the molecule is N#CNC1=NC(c2ccc(Cl)c(F)c2F)c2c(nc(N)c(C#N)c2N)N1. The fourth-order valence-corrected chi connectivity index (χ4v) is 2.70. The lowest BCUT2D eigenvalue weighted by molar-refractivity contribution is 0.495. The molecule has 0 spiro atoms. The number of aromatic nitrogens is 1. The summed E-state index contributed by atoms with van der Waals surface area (Å²) >= 11 is 5.59. The average Bonchev–Trinajstić information content (AvgIpc) is 2.59. The topological polar surface area (TPSA) is 149 Å². The van der Waals surface area contributed by atoms with Crippen molar-refractivity contribution in [2.24, 2.45) is 4.99 Å². The van der Waals surface area contributed by atoms with Crippen LogP contribution in [0, 0.1) is 34.4 Å². The first-order valence-electron chi connectivity index (χ1n) is 7.01. The van der Waals surface area contributed by atoms with Crippen LogP contribution in [-0.4, -0.2) is 10.9 Å². The Morgan fingerprint density at radius 1 is 1.23 bits per heavy atom. The van der Waals surface area contributed by atoms with Crippen molar-refractivity contribution in [2.75, 3.05) is 16.8 Å². The molecule has 1 aliphatic rings. The number of pyridine rings is 1. The van der Waals surface area contributed by atoms with Crippen molar-refractivity contribution in [1.29, 1.82) is 10.5 Å². The van der Waals surface area contributed by atoms with Crippen LogP contribution in [0.3, 0.4) is 0 Å². The highest BCUT2D eigenvalue weighted by Crippen LogP contribution is 2.41. The van der Waals surface area contributed by atoms with E-state index in [0.717, 1.165) is 6.07 Å². The van der Waals surface area contributed by atoms with Gasteiger partial charge in [0, 0.05) is 11.1 Å². The highest BCUT2D eigenvalue weighted by Gasteiger charge is 2.32. The Bertz CT molecular complexity index is 1040. The lowest BCUT2D eigenvalue weighted by atomic mass is 9.94. The summed E-state index contributed by atoms with van der Waals surface area (Å²) in [4.78, 5) is 8.15. The molecule has 0 aliphatic carbocycles. The van der Waals surface area contributed by atoms with Gasteiger partial charge in [-0.25, -0.2) is 18.8 Å². The van der Waals surface area contributed by atoms with Crippen LogP contribution in [0.1, 0.15) is 22.7 Å². The van der Waals surface area contributed by atoms with Gasteiger partial charge in [0.2, 0.25) is 5.96 Å². The number of halogens is 3. The van der Waals surface area contributed by atoms with E-state index in [1.807, 2.05) is 6.07 Å². The van der Waals surface area contributed by atoms with Crippen LogP contribution in [-0.2, 0) is 0 Å². The molecule has 0 radical (unpaired) electrons. The van der Waals surface area contributed by atoms with E-state index in [1.165, 1.54) is 6.07 Å². The molecule has 0 amide bonds. The van der Waals surface area contributed by atoms with Gasteiger partial charge in [0.15, 0.2) is 17.8 Å². The molecule has 0 saturated heterocycles. The lowest BCUT2D eigenvalue weighted by Gasteiger charge is -2.26. The molecule has 0 fully saturated rings. The molecule has 26 heavy (non-hydrogen) atoms. The van der Waals surface area contributed by atoms with Gasteiger partial charge in [0.25, 0.3) is 0 Å². The number of nitrogen functional groups attached to an aromatic ring is 2. The van der Waals surface area contributed by atoms with Gasteiger partial charge in [0.05, 0.1) is 10.7 Å². The molecule has 8 nitrogen and oxygen atoms in total. The quantitative estimate of drug-likeness (QED) is 0.338. The van der Waals surface area contributed by atoms with E-state index in [0.29, 0.717) is 0 Å². The van der Waals surface area contributed by atoms with Crippen LogP contribution in [0.4, 0.5) is 26.1 Å². The first-order valence-corrected chi connectivity index (χ1v) is 7.39. The number of nitrogens with two attached hydrogens (primary N) is 2. The zero-order valence-electron chi connectivity index (χ0n) is 12.8. The third kappa shape index (κ3) is 2.59. The summed E-state index contributed by atoms with van der Waals surface area (Å²) in [6.45, 7) is 0. The third-order valence-electron chi connectivity index (χ3n) is 3.72. The standard InChI is InChI=1S/C15H9ClF2N8/c16-7-2-1-5(9(17)10(7)18)12-8-11(21)6(3-19)13(22)25-14(8)26-15(24-12)23-4-20/h1-2,12H,(H6,21,22,23,24,25,26). The van der Waals surface area contributed by atoms with E-state index in [1.54, 1.807) is 6.19 Å². The Hall–Kier alpha value is -3.63. The summed E-state index contributed by atoms with van der Waals surface area (Å²) in [5, 5.41) is 22.5. The maximum Gasteiger partial charge on any atom is 0.211 e. The van der Waals surface area contributed by atoms with Gasteiger partial charge in [-0.3, -0.25) is 5.32 Å². The molecule has 130 valence electrons. The van der Waals surface area contributed by atoms with Gasteiger partial charge in [-0.1, -0.05) is 17.7 Å². The number of guanidine groups is 1. The van der Waals surface area contributed by atoms with Crippen molar-refractivity contribution < 1.29 is 8.78 Å². The fraction of sp³-hybridized carbons (Fsp3) is 0.0667. The first kappa shape index (κ1) is 17.2. The Morgan fingerprint density at radius 3 is 2.62 bits per heavy atom. The van der Waals surface area contributed by atoms with Crippen molar-refractivity contribution in [3.63, 3.8) is 0 Å². The predicted octanol–water partition coefficient (Wildman–Crippen LogP) is 1.99. The summed E-state index contributed by atoms with van der Waals surface area (Å²) in [6.07, 6.45) is 1.65. The number of nitriles is 2. The maximum atomic E-state index is 14.5. The predicted molar refractivity (Wildman–Crippen MR) is 90.8 cm³/mol. The van der Waals surface area contributed by atoms with E-state index >= 15 is 0 Å². The van der Waals surface area contributed by atoms with Crippen molar-refractivity contribution in [3.8, 4) is 12.3 Å². The number of hydrogen-bond donors (Lipinski definition) is 4. The number of anilines is 3. The number of aliphatic imine (C=N–C) groups is 1. The van der Waals surface area contributed by atoms with E-state index in [4.69, 9.17) is 28.3 Å². The largest absolute Gasteiger partial charge is 0.397 e. The van der Waals surface area contributed by atoms with Crippen molar-refractivity contribution in [1.82, 2.24) is 10.3 Å². The molecule has 1 aromatic heterocycles. The molecule has 2 aromatic rings. The summed E-state index contributed by atoms with van der Waals surface area (Å²) in [5.41, 5.74) is 11.4. The molecule has 0 saturated carbocycles. The number of rotatable bonds is 1. The highest BCUT2D eigenvalue weighted by atomic mass is 35.5.